The first-order chi connectivity index (χ1) is 10.1. The minimum absolute atomic E-state index is 0.0879. The number of aliphatic carboxylic acids is 1. The van der Waals surface area contributed by atoms with Crippen LogP contribution >= 0.6 is 0 Å². The quantitative estimate of drug-likeness (QED) is 0.655. The smallest absolute Gasteiger partial charge is 0.451 e. The summed E-state index contributed by atoms with van der Waals surface area (Å²) in [5.74, 6) is -1.02. The van der Waals surface area contributed by atoms with Gasteiger partial charge in [0.1, 0.15) is 0 Å². The summed E-state index contributed by atoms with van der Waals surface area (Å²) in [6.07, 6.45) is 1.67. The van der Waals surface area contributed by atoms with E-state index in [-0.39, 0.29) is 11.8 Å². The lowest BCUT2D eigenvalue weighted by Crippen LogP contribution is -2.23. The number of carbonyl (C=O) groups is 1. The molecule has 1 aliphatic rings. The lowest BCUT2D eigenvalue weighted by molar-refractivity contribution is -0.142. The van der Waals surface area contributed by atoms with Gasteiger partial charge >= 0.3 is 13.1 Å². The molecule has 0 spiro atoms. The standard InChI is InChI=1S/C15H22BNO4/c18-15(19)14-11-17(9-12-5-2-1-3-6-12)10-13(14)7-4-8-16(20)21/h1-3,5-6,13-14,20-21H,4,7-11H2,(H,18,19)/t13-,14?/m0/s1. The average molecular weight is 291 g/mol. The Bertz CT molecular complexity index is 454. The van der Waals surface area contributed by atoms with Crippen LogP contribution in [-0.4, -0.2) is 46.2 Å². The molecule has 1 aromatic rings. The number of rotatable bonds is 7. The SMILES string of the molecule is O=C(O)C1CN(Cc2ccccc2)C[C@@H]1CCCB(O)O. The van der Waals surface area contributed by atoms with Crippen LogP contribution in [0.15, 0.2) is 30.3 Å². The topological polar surface area (TPSA) is 81.0 Å². The molecule has 1 aliphatic heterocycles. The largest absolute Gasteiger partial charge is 0.481 e. The predicted octanol–water partition coefficient (Wildman–Crippen LogP) is 1.07. The number of likely N-dealkylation sites (tertiary alicyclic amines) is 1. The van der Waals surface area contributed by atoms with E-state index < -0.39 is 13.1 Å². The van der Waals surface area contributed by atoms with Crippen LogP contribution in [0.3, 0.4) is 0 Å². The van der Waals surface area contributed by atoms with Crippen LogP contribution in [0, 0.1) is 11.8 Å². The molecular formula is C15H22BNO4. The van der Waals surface area contributed by atoms with E-state index in [4.69, 9.17) is 10.0 Å². The molecule has 0 aliphatic carbocycles. The molecule has 1 heterocycles. The Hall–Kier alpha value is -1.37. The third kappa shape index (κ3) is 4.84. The second-order valence-electron chi connectivity index (χ2n) is 5.80. The van der Waals surface area contributed by atoms with E-state index in [2.05, 4.69) is 4.90 Å². The summed E-state index contributed by atoms with van der Waals surface area (Å²) in [4.78, 5) is 13.6. The van der Waals surface area contributed by atoms with Gasteiger partial charge in [-0.1, -0.05) is 36.8 Å². The lowest BCUT2D eigenvalue weighted by Gasteiger charge is -2.15. The number of benzene rings is 1. The summed E-state index contributed by atoms with van der Waals surface area (Å²) in [5.41, 5.74) is 1.19. The van der Waals surface area contributed by atoms with Gasteiger partial charge in [0.15, 0.2) is 0 Å². The molecule has 0 amide bonds. The molecule has 6 heteroatoms. The van der Waals surface area contributed by atoms with Gasteiger partial charge < -0.3 is 15.2 Å². The Morgan fingerprint density at radius 3 is 2.57 bits per heavy atom. The van der Waals surface area contributed by atoms with Crippen LogP contribution in [0.25, 0.3) is 0 Å². The average Bonchev–Trinajstić information content (AvgIpc) is 2.82. The van der Waals surface area contributed by atoms with Crippen molar-refractivity contribution in [1.29, 1.82) is 0 Å². The van der Waals surface area contributed by atoms with Crippen LogP contribution in [0.2, 0.25) is 6.32 Å². The first kappa shape index (κ1) is 16.0. The Labute approximate surface area is 125 Å². The van der Waals surface area contributed by atoms with Crippen molar-refractivity contribution in [2.45, 2.75) is 25.7 Å². The molecule has 0 bridgehead atoms. The Balaban J connectivity index is 1.90. The first-order valence-electron chi connectivity index (χ1n) is 7.41. The number of nitrogens with zero attached hydrogens (tertiary/aromatic N) is 1. The van der Waals surface area contributed by atoms with Crippen molar-refractivity contribution in [3.8, 4) is 0 Å². The van der Waals surface area contributed by atoms with Crippen molar-refractivity contribution in [2.75, 3.05) is 13.1 Å². The van der Waals surface area contributed by atoms with Crippen LogP contribution in [-0.2, 0) is 11.3 Å². The molecule has 1 fully saturated rings. The zero-order valence-corrected chi connectivity index (χ0v) is 12.1. The van der Waals surface area contributed by atoms with Gasteiger partial charge in [0, 0.05) is 19.6 Å². The van der Waals surface area contributed by atoms with Crippen LogP contribution in [0.1, 0.15) is 18.4 Å². The van der Waals surface area contributed by atoms with Gasteiger partial charge in [-0.25, -0.2) is 0 Å². The lowest BCUT2D eigenvalue weighted by atomic mass is 9.80. The van der Waals surface area contributed by atoms with Gasteiger partial charge in [0.25, 0.3) is 0 Å². The summed E-state index contributed by atoms with van der Waals surface area (Å²) < 4.78 is 0. The van der Waals surface area contributed by atoms with Crippen molar-refractivity contribution >= 4 is 13.1 Å². The molecule has 2 atom stereocenters. The van der Waals surface area contributed by atoms with Crippen molar-refractivity contribution < 1.29 is 19.9 Å². The van der Waals surface area contributed by atoms with Crippen molar-refractivity contribution in [3.05, 3.63) is 35.9 Å². The minimum Gasteiger partial charge on any atom is -0.481 e. The molecule has 1 saturated heterocycles. The highest BCUT2D eigenvalue weighted by Crippen LogP contribution is 2.29. The Morgan fingerprint density at radius 2 is 1.95 bits per heavy atom. The summed E-state index contributed by atoms with van der Waals surface area (Å²) in [6.45, 7) is 2.09. The van der Waals surface area contributed by atoms with E-state index >= 15 is 0 Å². The van der Waals surface area contributed by atoms with Crippen LogP contribution in [0.5, 0.6) is 0 Å². The van der Waals surface area contributed by atoms with E-state index in [9.17, 15) is 9.90 Å². The first-order valence-corrected chi connectivity index (χ1v) is 7.41. The van der Waals surface area contributed by atoms with E-state index in [1.54, 1.807) is 0 Å². The monoisotopic (exact) mass is 291 g/mol. The molecule has 5 nitrogen and oxygen atoms in total. The maximum absolute atomic E-state index is 11.4. The molecule has 114 valence electrons. The number of hydrogen-bond donors (Lipinski definition) is 3. The second-order valence-corrected chi connectivity index (χ2v) is 5.80. The molecule has 2 rings (SSSR count). The Kier molecular flexibility index (Phi) is 5.79. The van der Waals surface area contributed by atoms with Crippen LogP contribution in [0.4, 0.5) is 0 Å². The summed E-state index contributed by atoms with van der Waals surface area (Å²) >= 11 is 0. The minimum atomic E-state index is -1.30. The van der Waals surface area contributed by atoms with Crippen LogP contribution < -0.4 is 0 Å². The highest BCUT2D eigenvalue weighted by atomic mass is 16.4. The number of carboxylic acids is 1. The summed E-state index contributed by atoms with van der Waals surface area (Å²) in [7, 11) is -1.30. The third-order valence-electron chi connectivity index (χ3n) is 4.12. The second kappa shape index (κ2) is 7.59. The van der Waals surface area contributed by atoms with Gasteiger partial charge in [0.2, 0.25) is 0 Å². The van der Waals surface area contributed by atoms with E-state index in [0.717, 1.165) is 19.5 Å². The number of hydrogen-bond acceptors (Lipinski definition) is 4. The summed E-state index contributed by atoms with van der Waals surface area (Å²) in [6, 6.07) is 10.0. The predicted molar refractivity (Wildman–Crippen MR) is 80.6 cm³/mol. The normalized spacial score (nSPS) is 22.4. The zero-order valence-electron chi connectivity index (χ0n) is 12.1. The van der Waals surface area contributed by atoms with Crippen molar-refractivity contribution in [2.24, 2.45) is 11.8 Å². The van der Waals surface area contributed by atoms with Gasteiger partial charge in [-0.3, -0.25) is 9.69 Å². The molecule has 1 aromatic carbocycles. The highest BCUT2D eigenvalue weighted by Gasteiger charge is 2.37. The molecule has 0 aromatic heterocycles. The van der Waals surface area contributed by atoms with E-state index in [1.807, 2.05) is 30.3 Å². The fourth-order valence-electron chi connectivity index (χ4n) is 3.07. The fraction of sp³-hybridized carbons (Fsp3) is 0.533. The third-order valence-corrected chi connectivity index (χ3v) is 4.12. The fourth-order valence-corrected chi connectivity index (χ4v) is 3.07. The maximum atomic E-state index is 11.4. The van der Waals surface area contributed by atoms with Gasteiger partial charge in [-0.05, 0) is 24.2 Å². The van der Waals surface area contributed by atoms with Gasteiger partial charge in [-0.15, -0.1) is 0 Å². The van der Waals surface area contributed by atoms with Gasteiger partial charge in [0.05, 0.1) is 5.92 Å². The van der Waals surface area contributed by atoms with Crippen molar-refractivity contribution in [1.82, 2.24) is 4.90 Å². The Morgan fingerprint density at radius 1 is 1.24 bits per heavy atom. The zero-order chi connectivity index (χ0) is 15.2. The maximum Gasteiger partial charge on any atom is 0.451 e. The van der Waals surface area contributed by atoms with Gasteiger partial charge in [-0.2, -0.15) is 0 Å². The van der Waals surface area contributed by atoms with Crippen molar-refractivity contribution in [3.63, 3.8) is 0 Å². The molecule has 0 radical (unpaired) electrons. The summed E-state index contributed by atoms with van der Waals surface area (Å²) in [5, 5.41) is 27.1. The molecule has 3 N–H and O–H groups in total. The number of carboxylic acid groups (broad SMARTS) is 1. The molecule has 21 heavy (non-hydrogen) atoms. The molecule has 1 unspecified atom stereocenters. The highest BCUT2D eigenvalue weighted by molar-refractivity contribution is 6.40. The van der Waals surface area contributed by atoms with E-state index in [0.29, 0.717) is 19.3 Å². The van der Waals surface area contributed by atoms with E-state index in [1.165, 1.54) is 5.56 Å². The molecular weight excluding hydrogens is 269 g/mol. The molecule has 0 saturated carbocycles.